The van der Waals surface area contributed by atoms with E-state index in [-0.39, 0.29) is 11.1 Å². The second kappa shape index (κ2) is 7.61. The molecule has 8 nitrogen and oxygen atoms in total. The lowest BCUT2D eigenvalue weighted by Gasteiger charge is -2.14. The fourth-order valence-electron chi connectivity index (χ4n) is 2.41. The molecule has 0 aliphatic heterocycles. The maximum Gasteiger partial charge on any atom is 0.341 e. The number of ether oxygens (including phenoxy) is 1. The minimum Gasteiger partial charge on any atom is -0.478 e. The van der Waals surface area contributed by atoms with Gasteiger partial charge in [-0.3, -0.25) is 14.8 Å². The van der Waals surface area contributed by atoms with Crippen LogP contribution in [0.15, 0.2) is 54.9 Å². The highest BCUT2D eigenvalue weighted by Crippen LogP contribution is 2.16. The smallest absolute Gasteiger partial charge is 0.341 e. The minimum absolute atomic E-state index is 0.0341. The number of nitrogens with zero attached hydrogens (tertiary/aromatic N) is 2. The number of esters is 1. The SMILES string of the molecule is CC(OC(=O)c1cccc2nccnc12)C(=O)Nc1cccc(C(=O)O)c1. The molecule has 2 N–H and O–H groups in total. The standard InChI is InChI=1S/C19H15N3O5/c1-11(17(23)22-13-5-2-4-12(10-13)18(24)25)27-19(26)14-6-3-7-15-16(14)21-9-8-20-15/h2-11H,1H3,(H,22,23)(H,24,25). The number of benzene rings is 2. The van der Waals surface area contributed by atoms with Gasteiger partial charge in [-0.25, -0.2) is 9.59 Å². The first-order valence-corrected chi connectivity index (χ1v) is 8.00. The second-order valence-corrected chi connectivity index (χ2v) is 5.65. The first-order valence-electron chi connectivity index (χ1n) is 8.00. The highest BCUT2D eigenvalue weighted by molar-refractivity contribution is 6.03. The molecule has 8 heteroatoms. The van der Waals surface area contributed by atoms with Crippen LogP contribution < -0.4 is 5.32 Å². The minimum atomic E-state index is -1.11. The predicted molar refractivity (Wildman–Crippen MR) is 96.4 cm³/mol. The lowest BCUT2D eigenvalue weighted by molar-refractivity contribution is -0.123. The van der Waals surface area contributed by atoms with E-state index >= 15 is 0 Å². The molecule has 0 aliphatic carbocycles. The quantitative estimate of drug-likeness (QED) is 0.667. The van der Waals surface area contributed by atoms with Gasteiger partial charge in [-0.05, 0) is 37.3 Å². The molecule has 1 atom stereocenters. The molecule has 1 heterocycles. The van der Waals surface area contributed by atoms with Crippen LogP contribution in [0.1, 0.15) is 27.6 Å². The number of fused-ring (bicyclic) bond motifs is 1. The van der Waals surface area contributed by atoms with E-state index in [0.717, 1.165) is 0 Å². The number of anilines is 1. The van der Waals surface area contributed by atoms with Crippen molar-refractivity contribution >= 4 is 34.6 Å². The van der Waals surface area contributed by atoms with Crippen molar-refractivity contribution in [3.05, 3.63) is 66.0 Å². The maximum absolute atomic E-state index is 12.4. The Kier molecular flexibility index (Phi) is 5.07. The Morgan fingerprint density at radius 1 is 1.07 bits per heavy atom. The summed E-state index contributed by atoms with van der Waals surface area (Å²) in [6.07, 6.45) is 1.88. The van der Waals surface area contributed by atoms with Crippen molar-refractivity contribution < 1.29 is 24.2 Å². The first kappa shape index (κ1) is 18.0. The molecular formula is C19H15N3O5. The number of nitrogens with one attached hydrogen (secondary N) is 1. The van der Waals surface area contributed by atoms with E-state index < -0.39 is 23.9 Å². The summed E-state index contributed by atoms with van der Waals surface area (Å²) >= 11 is 0. The summed E-state index contributed by atoms with van der Waals surface area (Å²) in [7, 11) is 0. The van der Waals surface area contributed by atoms with Gasteiger partial charge in [0.05, 0.1) is 16.6 Å². The summed E-state index contributed by atoms with van der Waals surface area (Å²) in [4.78, 5) is 43.9. The molecule has 0 aliphatic rings. The average Bonchev–Trinajstić information content (AvgIpc) is 2.67. The average molecular weight is 365 g/mol. The van der Waals surface area contributed by atoms with Crippen molar-refractivity contribution in [2.75, 3.05) is 5.32 Å². The van der Waals surface area contributed by atoms with Gasteiger partial charge in [-0.15, -0.1) is 0 Å². The van der Waals surface area contributed by atoms with Gasteiger partial charge in [0.1, 0.15) is 5.52 Å². The Morgan fingerprint density at radius 2 is 1.81 bits per heavy atom. The van der Waals surface area contributed by atoms with E-state index in [9.17, 15) is 14.4 Å². The third-order valence-electron chi connectivity index (χ3n) is 3.75. The van der Waals surface area contributed by atoms with Crippen LogP contribution in [0.2, 0.25) is 0 Å². The highest BCUT2D eigenvalue weighted by atomic mass is 16.5. The van der Waals surface area contributed by atoms with Gasteiger partial charge in [0, 0.05) is 18.1 Å². The Morgan fingerprint density at radius 3 is 2.59 bits per heavy atom. The van der Waals surface area contributed by atoms with Gasteiger partial charge in [-0.2, -0.15) is 0 Å². The molecule has 2 aromatic carbocycles. The third-order valence-corrected chi connectivity index (χ3v) is 3.75. The zero-order chi connectivity index (χ0) is 19.4. The van der Waals surface area contributed by atoms with Crippen molar-refractivity contribution in [1.29, 1.82) is 0 Å². The van der Waals surface area contributed by atoms with E-state index in [4.69, 9.17) is 9.84 Å². The summed E-state index contributed by atoms with van der Waals surface area (Å²) in [6.45, 7) is 1.42. The van der Waals surface area contributed by atoms with E-state index in [1.165, 1.54) is 37.5 Å². The number of carboxylic acids is 1. The fourth-order valence-corrected chi connectivity index (χ4v) is 2.41. The van der Waals surface area contributed by atoms with Crippen LogP contribution in [0.3, 0.4) is 0 Å². The topological polar surface area (TPSA) is 118 Å². The summed E-state index contributed by atoms with van der Waals surface area (Å²) in [5, 5.41) is 11.5. The maximum atomic E-state index is 12.4. The number of rotatable bonds is 5. The van der Waals surface area contributed by atoms with E-state index in [0.29, 0.717) is 16.7 Å². The molecule has 0 radical (unpaired) electrons. The van der Waals surface area contributed by atoms with Gasteiger partial charge >= 0.3 is 11.9 Å². The monoisotopic (exact) mass is 365 g/mol. The molecule has 3 aromatic rings. The molecule has 0 spiro atoms. The lowest BCUT2D eigenvalue weighted by atomic mass is 10.1. The van der Waals surface area contributed by atoms with Gasteiger partial charge in [0.25, 0.3) is 5.91 Å². The van der Waals surface area contributed by atoms with Crippen LogP contribution in [0.25, 0.3) is 11.0 Å². The number of carbonyl (C=O) groups excluding carboxylic acids is 2. The summed E-state index contributed by atoms with van der Waals surface area (Å²) in [5.41, 5.74) is 1.44. The fraction of sp³-hybridized carbons (Fsp3) is 0.105. The number of aromatic carboxylic acids is 1. The number of carboxylic acid groups (broad SMARTS) is 1. The third kappa shape index (κ3) is 4.06. The number of amides is 1. The van der Waals surface area contributed by atoms with Crippen molar-refractivity contribution in [1.82, 2.24) is 9.97 Å². The van der Waals surface area contributed by atoms with Gasteiger partial charge < -0.3 is 15.2 Å². The van der Waals surface area contributed by atoms with Crippen LogP contribution in [-0.4, -0.2) is 39.0 Å². The molecular weight excluding hydrogens is 350 g/mol. The Bertz CT molecular complexity index is 1030. The predicted octanol–water partition coefficient (Wildman–Crippen LogP) is 2.51. The summed E-state index contributed by atoms with van der Waals surface area (Å²) in [5.74, 6) is -2.40. The summed E-state index contributed by atoms with van der Waals surface area (Å²) in [6, 6.07) is 10.7. The van der Waals surface area contributed by atoms with E-state index in [2.05, 4.69) is 15.3 Å². The van der Waals surface area contributed by atoms with Gasteiger partial charge in [-0.1, -0.05) is 12.1 Å². The molecule has 1 aromatic heterocycles. The molecule has 0 saturated carbocycles. The number of hydrogen-bond donors (Lipinski definition) is 2. The molecule has 1 amide bonds. The number of para-hydroxylation sites is 1. The van der Waals surface area contributed by atoms with Crippen LogP contribution in [-0.2, 0) is 9.53 Å². The number of carbonyl (C=O) groups is 3. The molecule has 136 valence electrons. The Hall–Kier alpha value is -3.81. The van der Waals surface area contributed by atoms with Crippen molar-refractivity contribution in [2.24, 2.45) is 0 Å². The normalized spacial score (nSPS) is 11.6. The van der Waals surface area contributed by atoms with Crippen LogP contribution in [0.4, 0.5) is 5.69 Å². The van der Waals surface area contributed by atoms with Crippen LogP contribution in [0, 0.1) is 0 Å². The highest BCUT2D eigenvalue weighted by Gasteiger charge is 2.21. The van der Waals surface area contributed by atoms with Crippen LogP contribution >= 0.6 is 0 Å². The molecule has 3 rings (SSSR count). The Labute approximate surface area is 153 Å². The van der Waals surface area contributed by atoms with Gasteiger partial charge in [0.2, 0.25) is 0 Å². The van der Waals surface area contributed by atoms with Gasteiger partial charge in [0.15, 0.2) is 6.10 Å². The zero-order valence-electron chi connectivity index (χ0n) is 14.2. The lowest BCUT2D eigenvalue weighted by Crippen LogP contribution is -2.30. The number of aromatic nitrogens is 2. The molecule has 27 heavy (non-hydrogen) atoms. The van der Waals surface area contributed by atoms with Crippen molar-refractivity contribution in [3.8, 4) is 0 Å². The second-order valence-electron chi connectivity index (χ2n) is 5.65. The largest absolute Gasteiger partial charge is 0.478 e. The molecule has 0 saturated heterocycles. The first-order chi connectivity index (χ1) is 13.0. The van der Waals surface area contributed by atoms with Crippen LogP contribution in [0.5, 0.6) is 0 Å². The molecule has 0 bridgehead atoms. The Balaban J connectivity index is 1.71. The number of hydrogen-bond acceptors (Lipinski definition) is 6. The summed E-state index contributed by atoms with van der Waals surface area (Å²) < 4.78 is 5.22. The molecule has 1 unspecified atom stereocenters. The van der Waals surface area contributed by atoms with Crippen molar-refractivity contribution in [3.63, 3.8) is 0 Å². The zero-order valence-corrected chi connectivity index (χ0v) is 14.2. The van der Waals surface area contributed by atoms with Crippen molar-refractivity contribution in [2.45, 2.75) is 13.0 Å². The van der Waals surface area contributed by atoms with E-state index in [1.807, 2.05) is 0 Å². The molecule has 0 fully saturated rings. The van der Waals surface area contributed by atoms with E-state index in [1.54, 1.807) is 24.3 Å².